The Labute approximate surface area is 85.0 Å². The second-order valence-electron chi connectivity index (χ2n) is 4.04. The lowest BCUT2D eigenvalue weighted by atomic mass is 9.93. The normalized spacial score (nSPS) is 27.6. The Morgan fingerprint density at radius 3 is 2.86 bits per heavy atom. The highest BCUT2D eigenvalue weighted by Gasteiger charge is 2.21. The molecule has 2 N–H and O–H groups in total. The largest absolute Gasteiger partial charge is 0.393 e. The molecule has 0 spiro atoms. The molecule has 1 aliphatic rings. The second kappa shape index (κ2) is 4.11. The van der Waals surface area contributed by atoms with Crippen LogP contribution in [0.2, 0.25) is 0 Å². The molecular formula is C12H17NO. The van der Waals surface area contributed by atoms with E-state index in [0.29, 0.717) is 6.04 Å². The smallest absolute Gasteiger partial charge is 0.0570 e. The molecule has 1 heterocycles. The van der Waals surface area contributed by atoms with Crippen LogP contribution >= 0.6 is 0 Å². The van der Waals surface area contributed by atoms with E-state index in [1.54, 1.807) is 0 Å². The Morgan fingerprint density at radius 2 is 2.14 bits per heavy atom. The summed E-state index contributed by atoms with van der Waals surface area (Å²) >= 11 is 0. The first-order chi connectivity index (χ1) is 6.77. The summed E-state index contributed by atoms with van der Waals surface area (Å²) < 4.78 is 0. The molecule has 1 aliphatic heterocycles. The van der Waals surface area contributed by atoms with Crippen LogP contribution < -0.4 is 5.32 Å². The van der Waals surface area contributed by atoms with Crippen LogP contribution in [-0.2, 0) is 0 Å². The van der Waals surface area contributed by atoms with Gasteiger partial charge in [0.25, 0.3) is 0 Å². The van der Waals surface area contributed by atoms with Gasteiger partial charge in [0, 0.05) is 6.04 Å². The van der Waals surface area contributed by atoms with Gasteiger partial charge in [-0.2, -0.15) is 0 Å². The van der Waals surface area contributed by atoms with Crippen LogP contribution in [0.25, 0.3) is 0 Å². The number of rotatable bonds is 1. The van der Waals surface area contributed by atoms with Gasteiger partial charge < -0.3 is 10.4 Å². The number of hydrogen-bond acceptors (Lipinski definition) is 2. The van der Waals surface area contributed by atoms with E-state index >= 15 is 0 Å². The fraction of sp³-hybridized carbons (Fsp3) is 0.500. The zero-order valence-corrected chi connectivity index (χ0v) is 8.53. The lowest BCUT2D eigenvalue weighted by molar-refractivity contribution is 0.116. The standard InChI is InChI=1S/C12H17NO/c1-9-4-2-3-5-11(9)12-8-10(14)6-7-13-12/h2-5,10,12-14H,6-8H2,1H3. The predicted molar refractivity (Wildman–Crippen MR) is 57.2 cm³/mol. The van der Waals surface area contributed by atoms with Crippen molar-refractivity contribution < 1.29 is 5.11 Å². The first-order valence-electron chi connectivity index (χ1n) is 5.24. The topological polar surface area (TPSA) is 32.3 Å². The summed E-state index contributed by atoms with van der Waals surface area (Å²) in [6.45, 7) is 3.04. The molecule has 0 bridgehead atoms. The van der Waals surface area contributed by atoms with Gasteiger partial charge in [-0.15, -0.1) is 0 Å². The number of aliphatic hydroxyl groups is 1. The van der Waals surface area contributed by atoms with Crippen molar-refractivity contribution >= 4 is 0 Å². The minimum Gasteiger partial charge on any atom is -0.393 e. The van der Waals surface area contributed by atoms with Crippen molar-refractivity contribution in [2.24, 2.45) is 0 Å². The third-order valence-electron chi connectivity index (χ3n) is 2.94. The van der Waals surface area contributed by atoms with Crippen molar-refractivity contribution in [3.8, 4) is 0 Å². The number of hydrogen-bond donors (Lipinski definition) is 2. The minimum atomic E-state index is -0.138. The first-order valence-corrected chi connectivity index (χ1v) is 5.24. The van der Waals surface area contributed by atoms with Crippen LogP contribution in [-0.4, -0.2) is 17.8 Å². The van der Waals surface area contributed by atoms with E-state index in [-0.39, 0.29) is 6.10 Å². The van der Waals surface area contributed by atoms with Crippen molar-refractivity contribution in [3.63, 3.8) is 0 Å². The van der Waals surface area contributed by atoms with Crippen molar-refractivity contribution in [1.29, 1.82) is 0 Å². The van der Waals surface area contributed by atoms with Crippen LogP contribution in [0.15, 0.2) is 24.3 Å². The first kappa shape index (κ1) is 9.69. The number of aryl methyl sites for hydroxylation is 1. The van der Waals surface area contributed by atoms with E-state index in [2.05, 4.69) is 36.5 Å². The fourth-order valence-corrected chi connectivity index (χ4v) is 2.11. The van der Waals surface area contributed by atoms with Crippen molar-refractivity contribution in [2.75, 3.05) is 6.54 Å². The van der Waals surface area contributed by atoms with Gasteiger partial charge in [-0.1, -0.05) is 24.3 Å². The highest BCUT2D eigenvalue weighted by Crippen LogP contribution is 2.25. The van der Waals surface area contributed by atoms with E-state index in [1.807, 2.05) is 0 Å². The van der Waals surface area contributed by atoms with Gasteiger partial charge in [0.05, 0.1) is 6.10 Å². The molecule has 14 heavy (non-hydrogen) atoms. The maximum Gasteiger partial charge on any atom is 0.0570 e. The van der Waals surface area contributed by atoms with Gasteiger partial charge in [-0.25, -0.2) is 0 Å². The molecule has 2 heteroatoms. The molecule has 76 valence electrons. The summed E-state index contributed by atoms with van der Waals surface area (Å²) in [5.74, 6) is 0. The molecule has 1 aromatic carbocycles. The molecular weight excluding hydrogens is 174 g/mol. The zero-order valence-electron chi connectivity index (χ0n) is 8.53. The van der Waals surface area contributed by atoms with Crippen molar-refractivity contribution in [3.05, 3.63) is 35.4 Å². The molecule has 1 aromatic rings. The molecule has 0 aromatic heterocycles. The van der Waals surface area contributed by atoms with Crippen LogP contribution in [0, 0.1) is 6.92 Å². The highest BCUT2D eigenvalue weighted by atomic mass is 16.3. The summed E-state index contributed by atoms with van der Waals surface area (Å²) in [4.78, 5) is 0. The summed E-state index contributed by atoms with van der Waals surface area (Å²) in [7, 11) is 0. The third-order valence-corrected chi connectivity index (χ3v) is 2.94. The lowest BCUT2D eigenvalue weighted by Gasteiger charge is -2.28. The molecule has 2 nitrogen and oxygen atoms in total. The molecule has 2 atom stereocenters. The van der Waals surface area contributed by atoms with Gasteiger partial charge in [-0.05, 0) is 37.4 Å². The van der Waals surface area contributed by atoms with Gasteiger partial charge in [0.15, 0.2) is 0 Å². The maximum atomic E-state index is 9.59. The number of piperidine rings is 1. The van der Waals surface area contributed by atoms with Crippen LogP contribution in [0.5, 0.6) is 0 Å². The van der Waals surface area contributed by atoms with Gasteiger partial charge in [-0.3, -0.25) is 0 Å². The Balaban J connectivity index is 2.18. The molecule has 1 fully saturated rings. The van der Waals surface area contributed by atoms with Gasteiger partial charge in [0.2, 0.25) is 0 Å². The summed E-state index contributed by atoms with van der Waals surface area (Å²) in [6.07, 6.45) is 1.58. The molecule has 0 amide bonds. The van der Waals surface area contributed by atoms with Crippen LogP contribution in [0.4, 0.5) is 0 Å². The third kappa shape index (κ3) is 1.97. The Morgan fingerprint density at radius 1 is 1.36 bits per heavy atom. The molecule has 1 saturated heterocycles. The van der Waals surface area contributed by atoms with E-state index in [4.69, 9.17) is 0 Å². The van der Waals surface area contributed by atoms with E-state index in [9.17, 15) is 5.11 Å². The fourth-order valence-electron chi connectivity index (χ4n) is 2.11. The summed E-state index contributed by atoms with van der Waals surface area (Å²) in [6, 6.07) is 8.71. The molecule has 2 unspecified atom stereocenters. The van der Waals surface area contributed by atoms with Crippen molar-refractivity contribution in [2.45, 2.75) is 31.9 Å². The Bertz CT molecular complexity index is 311. The Kier molecular flexibility index (Phi) is 2.85. The minimum absolute atomic E-state index is 0.138. The van der Waals surface area contributed by atoms with Crippen molar-refractivity contribution in [1.82, 2.24) is 5.32 Å². The SMILES string of the molecule is Cc1ccccc1C1CC(O)CCN1. The van der Waals surface area contributed by atoms with Crippen LogP contribution in [0.1, 0.15) is 30.0 Å². The second-order valence-corrected chi connectivity index (χ2v) is 4.04. The van der Waals surface area contributed by atoms with Crippen LogP contribution in [0.3, 0.4) is 0 Å². The summed E-state index contributed by atoms with van der Waals surface area (Å²) in [5, 5.41) is 13.0. The average molecular weight is 191 g/mol. The molecule has 0 saturated carbocycles. The quantitative estimate of drug-likeness (QED) is 0.709. The predicted octanol–water partition coefficient (Wildman–Crippen LogP) is 1.78. The number of aliphatic hydroxyl groups excluding tert-OH is 1. The molecule has 0 aliphatic carbocycles. The highest BCUT2D eigenvalue weighted by molar-refractivity contribution is 5.29. The zero-order chi connectivity index (χ0) is 9.97. The maximum absolute atomic E-state index is 9.59. The monoisotopic (exact) mass is 191 g/mol. The number of nitrogens with one attached hydrogen (secondary N) is 1. The average Bonchev–Trinajstić information content (AvgIpc) is 2.18. The van der Waals surface area contributed by atoms with E-state index in [0.717, 1.165) is 19.4 Å². The number of benzene rings is 1. The van der Waals surface area contributed by atoms with E-state index < -0.39 is 0 Å². The van der Waals surface area contributed by atoms with E-state index in [1.165, 1.54) is 11.1 Å². The lowest BCUT2D eigenvalue weighted by Crippen LogP contribution is -2.34. The molecule has 2 rings (SSSR count). The summed E-state index contributed by atoms with van der Waals surface area (Å²) in [5.41, 5.74) is 2.63. The Hall–Kier alpha value is -0.860. The molecule has 0 radical (unpaired) electrons. The van der Waals surface area contributed by atoms with Gasteiger partial charge in [0.1, 0.15) is 0 Å². The van der Waals surface area contributed by atoms with Gasteiger partial charge >= 0.3 is 0 Å².